The molecule has 0 radical (unpaired) electrons. The zero-order valence-electron chi connectivity index (χ0n) is 15.0. The van der Waals surface area contributed by atoms with Crippen LogP contribution in [0, 0.1) is 11.7 Å². The normalized spacial score (nSPS) is 21.0. The molecule has 0 spiro atoms. The Kier molecular flexibility index (Phi) is 8.42. The summed E-state index contributed by atoms with van der Waals surface area (Å²) >= 11 is 0. The highest BCUT2D eigenvalue weighted by molar-refractivity contribution is 14.0. The van der Waals surface area contributed by atoms with Gasteiger partial charge >= 0.3 is 0 Å². The topological polar surface area (TPSA) is 39.7 Å². The Balaban J connectivity index is 0.00000225. The van der Waals surface area contributed by atoms with Crippen LogP contribution in [0.2, 0.25) is 0 Å². The van der Waals surface area contributed by atoms with Crippen molar-refractivity contribution in [3.8, 4) is 0 Å². The third-order valence-electron chi connectivity index (χ3n) is 4.88. The Morgan fingerprint density at radius 1 is 1.24 bits per heavy atom. The number of likely N-dealkylation sites (tertiary alicyclic amines) is 1. The number of aliphatic imine (C=N–C) groups is 1. The first-order valence-corrected chi connectivity index (χ1v) is 9.26. The predicted octanol–water partition coefficient (Wildman–Crippen LogP) is 3.03. The van der Waals surface area contributed by atoms with E-state index in [0.717, 1.165) is 30.7 Å². The highest BCUT2D eigenvalue weighted by Gasteiger charge is 2.34. The number of hydrogen-bond acceptors (Lipinski definition) is 2. The van der Waals surface area contributed by atoms with E-state index in [1.807, 2.05) is 12.1 Å². The lowest BCUT2D eigenvalue weighted by atomic mass is 10.1. The van der Waals surface area contributed by atoms with Gasteiger partial charge in [-0.3, -0.25) is 4.99 Å². The minimum atomic E-state index is -0.132. The van der Waals surface area contributed by atoms with Gasteiger partial charge in [-0.2, -0.15) is 0 Å². The summed E-state index contributed by atoms with van der Waals surface area (Å²) in [6, 6.07) is 7.83. The number of halogens is 2. The maximum atomic E-state index is 13.6. The van der Waals surface area contributed by atoms with Gasteiger partial charge in [-0.25, -0.2) is 4.39 Å². The van der Waals surface area contributed by atoms with Gasteiger partial charge in [0.15, 0.2) is 5.96 Å². The average Bonchev–Trinajstić information content (AvgIpc) is 3.33. The van der Waals surface area contributed by atoms with Crippen LogP contribution in [0.4, 0.5) is 4.39 Å². The van der Waals surface area contributed by atoms with Gasteiger partial charge in [0.05, 0.1) is 0 Å². The quantitative estimate of drug-likeness (QED) is 0.374. The van der Waals surface area contributed by atoms with Crippen molar-refractivity contribution in [2.24, 2.45) is 10.9 Å². The number of benzene rings is 1. The van der Waals surface area contributed by atoms with Crippen molar-refractivity contribution >= 4 is 29.9 Å². The van der Waals surface area contributed by atoms with Crippen LogP contribution in [0.3, 0.4) is 0 Å². The third-order valence-corrected chi connectivity index (χ3v) is 4.88. The first-order valence-electron chi connectivity index (χ1n) is 9.26. The summed E-state index contributed by atoms with van der Waals surface area (Å²) in [5.41, 5.74) is 0.747. The van der Waals surface area contributed by atoms with Crippen LogP contribution >= 0.6 is 24.0 Å². The molecule has 6 heteroatoms. The largest absolute Gasteiger partial charge is 0.357 e. The van der Waals surface area contributed by atoms with E-state index in [1.165, 1.54) is 38.4 Å². The molecular formula is C19H30FIN4. The zero-order chi connectivity index (χ0) is 16.8. The summed E-state index contributed by atoms with van der Waals surface area (Å²) < 4.78 is 13.6. The molecule has 0 aromatic heterocycles. The lowest BCUT2D eigenvalue weighted by Crippen LogP contribution is -2.38. The Bertz CT molecular complexity index is 562. The van der Waals surface area contributed by atoms with E-state index in [9.17, 15) is 4.39 Å². The molecule has 2 aliphatic rings. The van der Waals surface area contributed by atoms with Crippen molar-refractivity contribution in [2.45, 2.75) is 38.6 Å². The van der Waals surface area contributed by atoms with Crippen molar-refractivity contribution in [1.82, 2.24) is 15.5 Å². The molecule has 1 atom stereocenters. The standard InChI is InChI=1S/C19H29FN4.HI/c1-2-21-19(22-11-9-16-5-3-4-6-18(16)20)23-13-15-10-12-24(14-15)17-7-8-17;/h3-6,15,17H,2,7-14H2,1H3,(H2,21,22,23);1H. The number of nitrogens with one attached hydrogen (secondary N) is 2. The monoisotopic (exact) mass is 460 g/mol. The Morgan fingerprint density at radius 3 is 2.76 bits per heavy atom. The number of rotatable bonds is 7. The van der Waals surface area contributed by atoms with Gasteiger partial charge in [-0.1, -0.05) is 18.2 Å². The summed E-state index contributed by atoms with van der Waals surface area (Å²) in [5.74, 6) is 1.39. The summed E-state index contributed by atoms with van der Waals surface area (Å²) in [5, 5.41) is 6.61. The van der Waals surface area contributed by atoms with E-state index in [1.54, 1.807) is 6.07 Å². The van der Waals surface area contributed by atoms with Crippen LogP contribution in [0.25, 0.3) is 0 Å². The molecule has 0 amide bonds. The molecule has 1 saturated heterocycles. The fourth-order valence-electron chi connectivity index (χ4n) is 3.36. The first-order chi connectivity index (χ1) is 11.8. The van der Waals surface area contributed by atoms with Crippen LogP contribution in [0.5, 0.6) is 0 Å². The summed E-state index contributed by atoms with van der Waals surface area (Å²) in [6.07, 6.45) is 4.69. The maximum Gasteiger partial charge on any atom is 0.191 e. The van der Waals surface area contributed by atoms with E-state index in [2.05, 4.69) is 22.5 Å². The first kappa shape index (κ1) is 20.4. The van der Waals surface area contributed by atoms with E-state index >= 15 is 0 Å². The van der Waals surface area contributed by atoms with Gasteiger partial charge in [0.2, 0.25) is 0 Å². The van der Waals surface area contributed by atoms with Crippen molar-refractivity contribution in [3.05, 3.63) is 35.6 Å². The molecule has 25 heavy (non-hydrogen) atoms. The second kappa shape index (κ2) is 10.3. The van der Waals surface area contributed by atoms with Gasteiger partial charge < -0.3 is 15.5 Å². The Morgan fingerprint density at radius 2 is 2.04 bits per heavy atom. The predicted molar refractivity (Wildman–Crippen MR) is 112 cm³/mol. The molecule has 1 saturated carbocycles. The molecule has 1 unspecified atom stereocenters. The molecule has 1 aromatic carbocycles. The zero-order valence-corrected chi connectivity index (χ0v) is 17.3. The van der Waals surface area contributed by atoms with Crippen LogP contribution in [-0.4, -0.2) is 49.6 Å². The molecule has 3 rings (SSSR count). The summed E-state index contributed by atoms with van der Waals surface area (Å²) in [7, 11) is 0. The summed E-state index contributed by atoms with van der Waals surface area (Å²) in [4.78, 5) is 7.36. The molecule has 2 N–H and O–H groups in total. The van der Waals surface area contributed by atoms with Crippen molar-refractivity contribution < 1.29 is 4.39 Å². The second-order valence-electron chi connectivity index (χ2n) is 6.87. The Hall–Kier alpha value is -0.890. The Labute approximate surface area is 167 Å². The number of nitrogens with zero attached hydrogens (tertiary/aromatic N) is 2. The van der Waals surface area contributed by atoms with Gasteiger partial charge in [0.25, 0.3) is 0 Å². The molecule has 1 aliphatic carbocycles. The number of guanidine groups is 1. The molecular weight excluding hydrogens is 430 g/mol. The minimum Gasteiger partial charge on any atom is -0.357 e. The van der Waals surface area contributed by atoms with Crippen LogP contribution in [-0.2, 0) is 6.42 Å². The molecule has 2 fully saturated rings. The maximum absolute atomic E-state index is 13.6. The minimum absolute atomic E-state index is 0. The molecule has 140 valence electrons. The summed E-state index contributed by atoms with van der Waals surface area (Å²) in [6.45, 7) is 6.90. The van der Waals surface area contributed by atoms with Gasteiger partial charge in [0, 0.05) is 32.2 Å². The fourth-order valence-corrected chi connectivity index (χ4v) is 3.36. The van der Waals surface area contributed by atoms with Gasteiger partial charge in [-0.15, -0.1) is 24.0 Å². The van der Waals surface area contributed by atoms with Gasteiger partial charge in [0.1, 0.15) is 5.82 Å². The van der Waals surface area contributed by atoms with E-state index < -0.39 is 0 Å². The van der Waals surface area contributed by atoms with Crippen molar-refractivity contribution in [3.63, 3.8) is 0 Å². The van der Waals surface area contributed by atoms with Crippen molar-refractivity contribution in [2.75, 3.05) is 32.7 Å². The molecule has 1 aliphatic heterocycles. The highest BCUT2D eigenvalue weighted by atomic mass is 127. The fraction of sp³-hybridized carbons (Fsp3) is 0.632. The lowest BCUT2D eigenvalue weighted by Gasteiger charge is -2.15. The second-order valence-corrected chi connectivity index (χ2v) is 6.87. The molecule has 4 nitrogen and oxygen atoms in total. The molecule has 0 bridgehead atoms. The van der Waals surface area contributed by atoms with E-state index in [0.29, 0.717) is 18.9 Å². The third kappa shape index (κ3) is 6.40. The smallest absolute Gasteiger partial charge is 0.191 e. The molecule has 1 aromatic rings. The van der Waals surface area contributed by atoms with E-state index in [4.69, 9.17) is 4.99 Å². The number of hydrogen-bond donors (Lipinski definition) is 2. The van der Waals surface area contributed by atoms with Crippen LogP contribution < -0.4 is 10.6 Å². The highest BCUT2D eigenvalue weighted by Crippen LogP contribution is 2.31. The molecule has 1 heterocycles. The SMILES string of the molecule is CCNC(=NCC1CCN(C2CC2)C1)NCCc1ccccc1F.I. The van der Waals surface area contributed by atoms with Crippen molar-refractivity contribution in [1.29, 1.82) is 0 Å². The van der Waals surface area contributed by atoms with Gasteiger partial charge in [-0.05, 0) is 56.7 Å². The van der Waals surface area contributed by atoms with Crippen LogP contribution in [0.1, 0.15) is 31.7 Å². The van der Waals surface area contributed by atoms with Crippen LogP contribution in [0.15, 0.2) is 29.3 Å². The van der Waals surface area contributed by atoms with E-state index in [-0.39, 0.29) is 29.8 Å². The lowest BCUT2D eigenvalue weighted by molar-refractivity contribution is 0.315. The average molecular weight is 460 g/mol.